The van der Waals surface area contributed by atoms with Crippen LogP contribution in [0, 0.1) is 0 Å². The van der Waals surface area contributed by atoms with Crippen molar-refractivity contribution in [3.8, 4) is 0 Å². The third-order valence-corrected chi connectivity index (χ3v) is 4.63. The zero-order valence-electron chi connectivity index (χ0n) is 16.2. The molecule has 1 atom stereocenters. The van der Waals surface area contributed by atoms with Gasteiger partial charge in [-0.05, 0) is 37.7 Å². The molecule has 0 aliphatic heterocycles. The Balaban J connectivity index is 0.00000364. The summed E-state index contributed by atoms with van der Waals surface area (Å²) in [6.07, 6.45) is 1.74. The number of nitrogens with zero attached hydrogens (tertiary/aromatic N) is 3. The molecule has 2 rings (SSSR count). The highest BCUT2D eigenvalue weighted by Gasteiger charge is 2.20. The van der Waals surface area contributed by atoms with Crippen molar-refractivity contribution < 1.29 is 0 Å². The molecule has 0 fully saturated rings. The van der Waals surface area contributed by atoms with E-state index in [1.54, 1.807) is 6.20 Å². The van der Waals surface area contributed by atoms with E-state index in [0.717, 1.165) is 48.4 Å². The van der Waals surface area contributed by atoms with E-state index in [-0.39, 0.29) is 30.0 Å². The van der Waals surface area contributed by atoms with Gasteiger partial charge in [0.25, 0.3) is 0 Å². The first-order chi connectivity index (χ1) is 12.7. The highest BCUT2D eigenvalue weighted by molar-refractivity contribution is 14.0. The Morgan fingerprint density at radius 3 is 2.52 bits per heavy atom. The average Bonchev–Trinajstić information content (AvgIpc) is 3.17. The first kappa shape index (κ1) is 23.7. The maximum absolute atomic E-state index is 6.47. The van der Waals surface area contributed by atoms with Crippen molar-refractivity contribution in [3.05, 3.63) is 52.8 Å². The summed E-state index contributed by atoms with van der Waals surface area (Å²) in [6.45, 7) is 10.4. The van der Waals surface area contributed by atoms with Crippen LogP contribution in [0.5, 0.6) is 0 Å². The number of halogens is 2. The SMILES string of the molecule is CCNC(=NCc1ccn[nH]1)NCC(c1ccccc1Cl)N(CC)CC.I. The van der Waals surface area contributed by atoms with Gasteiger partial charge in [0.15, 0.2) is 5.96 Å². The molecule has 0 amide bonds. The third kappa shape index (κ3) is 7.31. The van der Waals surface area contributed by atoms with Crippen LogP contribution in [0.2, 0.25) is 5.02 Å². The minimum Gasteiger partial charge on any atom is -0.357 e. The van der Waals surface area contributed by atoms with E-state index in [1.807, 2.05) is 24.3 Å². The summed E-state index contributed by atoms with van der Waals surface area (Å²) >= 11 is 6.47. The summed E-state index contributed by atoms with van der Waals surface area (Å²) in [4.78, 5) is 7.02. The molecule has 0 bridgehead atoms. The largest absolute Gasteiger partial charge is 0.357 e. The number of aliphatic imine (C=N–C) groups is 1. The topological polar surface area (TPSA) is 68.3 Å². The predicted molar refractivity (Wildman–Crippen MR) is 124 cm³/mol. The van der Waals surface area contributed by atoms with Crippen molar-refractivity contribution >= 4 is 41.5 Å². The van der Waals surface area contributed by atoms with Gasteiger partial charge in [-0.15, -0.1) is 24.0 Å². The molecule has 8 heteroatoms. The quantitative estimate of drug-likeness (QED) is 0.276. The Kier molecular flexibility index (Phi) is 11.4. The Morgan fingerprint density at radius 2 is 1.93 bits per heavy atom. The number of likely N-dealkylation sites (N-methyl/N-ethyl adjacent to an activating group) is 1. The number of hydrogen-bond donors (Lipinski definition) is 3. The van der Waals surface area contributed by atoms with Crippen molar-refractivity contribution in [3.63, 3.8) is 0 Å². The van der Waals surface area contributed by atoms with Gasteiger partial charge in [-0.1, -0.05) is 43.6 Å². The predicted octanol–water partition coefficient (Wildman–Crippen LogP) is 3.82. The van der Waals surface area contributed by atoms with Gasteiger partial charge in [0.1, 0.15) is 0 Å². The number of guanidine groups is 1. The smallest absolute Gasteiger partial charge is 0.191 e. The number of hydrogen-bond acceptors (Lipinski definition) is 3. The fourth-order valence-corrected chi connectivity index (χ4v) is 3.18. The lowest BCUT2D eigenvalue weighted by atomic mass is 10.0. The van der Waals surface area contributed by atoms with Crippen molar-refractivity contribution in [2.45, 2.75) is 33.4 Å². The number of nitrogens with one attached hydrogen (secondary N) is 3. The number of aromatic nitrogens is 2. The lowest BCUT2D eigenvalue weighted by molar-refractivity contribution is 0.219. The van der Waals surface area contributed by atoms with Gasteiger partial charge in [0.05, 0.1) is 18.3 Å². The van der Waals surface area contributed by atoms with E-state index in [2.05, 4.69) is 57.6 Å². The Morgan fingerprint density at radius 1 is 1.19 bits per heavy atom. The molecule has 0 spiro atoms. The van der Waals surface area contributed by atoms with Crippen LogP contribution in [0.1, 0.15) is 38.1 Å². The van der Waals surface area contributed by atoms with Gasteiger partial charge in [-0.3, -0.25) is 10.00 Å². The van der Waals surface area contributed by atoms with Gasteiger partial charge in [-0.25, -0.2) is 4.99 Å². The Labute approximate surface area is 184 Å². The summed E-state index contributed by atoms with van der Waals surface area (Å²) in [5.41, 5.74) is 2.11. The first-order valence-corrected chi connectivity index (χ1v) is 9.56. The molecule has 0 radical (unpaired) electrons. The maximum atomic E-state index is 6.47. The Bertz CT molecular complexity index is 673. The maximum Gasteiger partial charge on any atom is 0.191 e. The van der Waals surface area contributed by atoms with Crippen LogP contribution < -0.4 is 10.6 Å². The molecular weight excluding hydrogens is 475 g/mol. The van der Waals surface area contributed by atoms with Crippen molar-refractivity contribution in [2.75, 3.05) is 26.2 Å². The minimum atomic E-state index is 0. The Hall–Kier alpha value is -1.32. The summed E-state index contributed by atoms with van der Waals surface area (Å²) < 4.78 is 0. The molecule has 1 heterocycles. The fraction of sp³-hybridized carbons (Fsp3) is 0.474. The normalized spacial score (nSPS) is 12.6. The zero-order chi connectivity index (χ0) is 18.8. The summed E-state index contributed by atoms with van der Waals surface area (Å²) in [5, 5.41) is 14.4. The van der Waals surface area contributed by atoms with Crippen LogP contribution >= 0.6 is 35.6 Å². The molecular formula is C19H30ClIN6. The van der Waals surface area contributed by atoms with Crippen molar-refractivity contribution in [1.29, 1.82) is 0 Å². The zero-order valence-corrected chi connectivity index (χ0v) is 19.3. The lowest BCUT2D eigenvalue weighted by Crippen LogP contribution is -2.43. The molecule has 1 unspecified atom stereocenters. The molecule has 0 saturated heterocycles. The van der Waals surface area contributed by atoms with Crippen LogP contribution in [0.25, 0.3) is 0 Å². The molecule has 3 N–H and O–H groups in total. The lowest BCUT2D eigenvalue weighted by Gasteiger charge is -2.31. The van der Waals surface area contributed by atoms with Gasteiger partial charge < -0.3 is 10.6 Å². The van der Waals surface area contributed by atoms with Crippen LogP contribution in [0.4, 0.5) is 0 Å². The summed E-state index contributed by atoms with van der Waals surface area (Å²) in [5.74, 6) is 0.784. The number of benzene rings is 1. The van der Waals surface area contributed by atoms with Crippen LogP contribution in [0.15, 0.2) is 41.5 Å². The highest BCUT2D eigenvalue weighted by atomic mass is 127. The highest BCUT2D eigenvalue weighted by Crippen LogP contribution is 2.26. The van der Waals surface area contributed by atoms with Gasteiger partial charge in [0, 0.05) is 24.3 Å². The van der Waals surface area contributed by atoms with Crippen LogP contribution in [-0.2, 0) is 6.54 Å². The van der Waals surface area contributed by atoms with E-state index in [9.17, 15) is 0 Å². The molecule has 150 valence electrons. The van der Waals surface area contributed by atoms with E-state index < -0.39 is 0 Å². The standard InChI is InChI=1S/C19H29ClN6.HI/c1-4-21-19(22-13-15-11-12-24-25-15)23-14-18(26(5-2)6-3)16-9-7-8-10-17(16)20;/h7-12,18H,4-6,13-14H2,1-3H3,(H,24,25)(H2,21,22,23);1H. The van der Waals surface area contributed by atoms with Gasteiger partial charge >= 0.3 is 0 Å². The second-order valence-electron chi connectivity index (χ2n) is 5.92. The van der Waals surface area contributed by atoms with E-state index in [1.165, 1.54) is 0 Å². The van der Waals surface area contributed by atoms with Crippen LogP contribution in [0.3, 0.4) is 0 Å². The van der Waals surface area contributed by atoms with Crippen LogP contribution in [-0.4, -0.2) is 47.2 Å². The van der Waals surface area contributed by atoms with E-state index >= 15 is 0 Å². The molecule has 27 heavy (non-hydrogen) atoms. The fourth-order valence-electron chi connectivity index (χ4n) is 2.92. The second-order valence-corrected chi connectivity index (χ2v) is 6.32. The van der Waals surface area contributed by atoms with Gasteiger partial charge in [-0.2, -0.15) is 5.10 Å². The molecule has 6 nitrogen and oxygen atoms in total. The number of H-pyrrole nitrogens is 1. The minimum absolute atomic E-state index is 0. The number of aromatic amines is 1. The second kappa shape index (κ2) is 13.0. The molecule has 0 aliphatic carbocycles. The van der Waals surface area contributed by atoms with E-state index in [0.29, 0.717) is 6.54 Å². The molecule has 2 aromatic rings. The molecule has 0 saturated carbocycles. The summed E-state index contributed by atoms with van der Waals surface area (Å²) in [6, 6.07) is 10.2. The number of rotatable bonds is 9. The van der Waals surface area contributed by atoms with Gasteiger partial charge in [0.2, 0.25) is 0 Å². The van der Waals surface area contributed by atoms with Crippen molar-refractivity contribution in [1.82, 2.24) is 25.7 Å². The average molecular weight is 505 g/mol. The van der Waals surface area contributed by atoms with E-state index in [4.69, 9.17) is 11.6 Å². The molecule has 1 aromatic heterocycles. The monoisotopic (exact) mass is 504 g/mol. The first-order valence-electron chi connectivity index (χ1n) is 9.18. The summed E-state index contributed by atoms with van der Waals surface area (Å²) in [7, 11) is 0. The van der Waals surface area contributed by atoms with Crippen molar-refractivity contribution in [2.24, 2.45) is 4.99 Å². The molecule has 0 aliphatic rings. The third-order valence-electron chi connectivity index (χ3n) is 4.29. The molecule has 1 aromatic carbocycles.